The van der Waals surface area contributed by atoms with E-state index in [0.29, 0.717) is 13.0 Å². The van der Waals surface area contributed by atoms with Crippen LogP contribution in [0.25, 0.3) is 0 Å². The molecule has 0 bridgehead atoms. The summed E-state index contributed by atoms with van der Waals surface area (Å²) in [6.45, 7) is 3.92. The lowest BCUT2D eigenvalue weighted by Crippen LogP contribution is -2.18. The molecule has 0 amide bonds. The molecular formula is C12H23NO4. The van der Waals surface area contributed by atoms with Crippen molar-refractivity contribution in [1.29, 1.82) is 0 Å². The average molecular weight is 245 g/mol. The first-order valence-electron chi connectivity index (χ1n) is 6.25. The lowest BCUT2D eigenvalue weighted by molar-refractivity contribution is -0.143. The highest BCUT2D eigenvalue weighted by Gasteiger charge is 2.00. The van der Waals surface area contributed by atoms with Crippen LogP contribution in [0.5, 0.6) is 0 Å². The SMILES string of the molecule is CCOC(=O)CCCNCCCCCC(=O)O. The third-order valence-electron chi connectivity index (χ3n) is 2.28. The van der Waals surface area contributed by atoms with E-state index >= 15 is 0 Å². The minimum atomic E-state index is -0.729. The zero-order valence-corrected chi connectivity index (χ0v) is 10.5. The summed E-state index contributed by atoms with van der Waals surface area (Å²) in [4.78, 5) is 21.2. The van der Waals surface area contributed by atoms with Crippen molar-refractivity contribution in [2.24, 2.45) is 0 Å². The first kappa shape index (κ1) is 15.9. The Balaban J connectivity index is 3.08. The van der Waals surface area contributed by atoms with Gasteiger partial charge in [0.2, 0.25) is 0 Å². The Labute approximate surface area is 103 Å². The second-order valence-corrected chi connectivity index (χ2v) is 3.86. The summed E-state index contributed by atoms with van der Waals surface area (Å²) < 4.78 is 4.80. The zero-order valence-electron chi connectivity index (χ0n) is 10.5. The summed E-state index contributed by atoms with van der Waals surface area (Å²) in [5.74, 6) is -0.872. The minimum Gasteiger partial charge on any atom is -0.481 e. The molecule has 100 valence electrons. The first-order chi connectivity index (χ1) is 8.16. The number of carboxylic acid groups (broad SMARTS) is 1. The van der Waals surface area contributed by atoms with Crippen molar-refractivity contribution in [2.75, 3.05) is 19.7 Å². The van der Waals surface area contributed by atoms with Crippen LogP contribution in [0.2, 0.25) is 0 Å². The number of unbranched alkanes of at least 4 members (excludes halogenated alkanes) is 2. The second-order valence-electron chi connectivity index (χ2n) is 3.86. The van der Waals surface area contributed by atoms with Crippen molar-refractivity contribution in [3.63, 3.8) is 0 Å². The van der Waals surface area contributed by atoms with E-state index in [4.69, 9.17) is 9.84 Å². The predicted molar refractivity (Wildman–Crippen MR) is 64.8 cm³/mol. The van der Waals surface area contributed by atoms with Gasteiger partial charge in [0, 0.05) is 12.8 Å². The molecule has 0 aliphatic heterocycles. The maximum atomic E-state index is 11.0. The van der Waals surface area contributed by atoms with Crippen LogP contribution in [-0.4, -0.2) is 36.7 Å². The zero-order chi connectivity index (χ0) is 12.9. The van der Waals surface area contributed by atoms with Gasteiger partial charge in [-0.2, -0.15) is 0 Å². The quantitative estimate of drug-likeness (QED) is 0.427. The van der Waals surface area contributed by atoms with Gasteiger partial charge in [0.15, 0.2) is 0 Å². The normalized spacial score (nSPS) is 10.2. The van der Waals surface area contributed by atoms with E-state index in [1.807, 2.05) is 0 Å². The molecule has 0 rings (SSSR count). The van der Waals surface area contributed by atoms with E-state index in [2.05, 4.69) is 5.32 Å². The molecule has 0 fully saturated rings. The van der Waals surface area contributed by atoms with Gasteiger partial charge in [0.05, 0.1) is 6.61 Å². The van der Waals surface area contributed by atoms with Gasteiger partial charge < -0.3 is 15.2 Å². The van der Waals surface area contributed by atoms with Crippen molar-refractivity contribution in [3.05, 3.63) is 0 Å². The highest BCUT2D eigenvalue weighted by atomic mass is 16.5. The van der Waals surface area contributed by atoms with Gasteiger partial charge >= 0.3 is 11.9 Å². The number of ether oxygens (including phenoxy) is 1. The minimum absolute atomic E-state index is 0.143. The monoisotopic (exact) mass is 245 g/mol. The van der Waals surface area contributed by atoms with Crippen molar-refractivity contribution >= 4 is 11.9 Å². The molecule has 0 heterocycles. The van der Waals surface area contributed by atoms with E-state index in [-0.39, 0.29) is 12.4 Å². The number of carbonyl (C=O) groups is 2. The number of rotatable bonds is 11. The maximum Gasteiger partial charge on any atom is 0.305 e. The molecule has 0 saturated carbocycles. The third-order valence-corrected chi connectivity index (χ3v) is 2.28. The van der Waals surface area contributed by atoms with Crippen molar-refractivity contribution in [1.82, 2.24) is 5.32 Å². The van der Waals surface area contributed by atoms with Crippen LogP contribution >= 0.6 is 0 Å². The molecule has 17 heavy (non-hydrogen) atoms. The van der Waals surface area contributed by atoms with Gasteiger partial charge in [-0.25, -0.2) is 0 Å². The van der Waals surface area contributed by atoms with Crippen LogP contribution in [0.15, 0.2) is 0 Å². The summed E-state index contributed by atoms with van der Waals surface area (Å²) >= 11 is 0. The fourth-order valence-electron chi connectivity index (χ4n) is 1.42. The van der Waals surface area contributed by atoms with E-state index in [9.17, 15) is 9.59 Å². The van der Waals surface area contributed by atoms with Crippen molar-refractivity contribution < 1.29 is 19.4 Å². The molecule has 0 atom stereocenters. The molecule has 0 radical (unpaired) electrons. The fourth-order valence-corrected chi connectivity index (χ4v) is 1.42. The van der Waals surface area contributed by atoms with Gasteiger partial charge in [-0.05, 0) is 39.3 Å². The molecule has 2 N–H and O–H groups in total. The number of hydrogen-bond acceptors (Lipinski definition) is 4. The molecule has 0 aromatic heterocycles. The van der Waals surface area contributed by atoms with Gasteiger partial charge in [0.1, 0.15) is 0 Å². The predicted octanol–water partition coefficient (Wildman–Crippen LogP) is 1.56. The average Bonchev–Trinajstić information content (AvgIpc) is 2.27. The van der Waals surface area contributed by atoms with Crippen LogP contribution in [0.3, 0.4) is 0 Å². The Kier molecular flexibility index (Phi) is 10.7. The molecule has 0 spiro atoms. The number of hydrogen-bond donors (Lipinski definition) is 2. The molecule has 5 heteroatoms. The molecule has 0 aromatic rings. The number of carboxylic acids is 1. The summed E-state index contributed by atoms with van der Waals surface area (Å²) in [6, 6.07) is 0. The Morgan fingerprint density at radius 2 is 1.76 bits per heavy atom. The Bertz CT molecular complexity index is 219. The Morgan fingerprint density at radius 3 is 2.41 bits per heavy atom. The van der Waals surface area contributed by atoms with Gasteiger partial charge in [-0.1, -0.05) is 6.42 Å². The smallest absolute Gasteiger partial charge is 0.305 e. The van der Waals surface area contributed by atoms with Crippen LogP contribution in [0, 0.1) is 0 Å². The Hall–Kier alpha value is -1.10. The van der Waals surface area contributed by atoms with Gasteiger partial charge in [0.25, 0.3) is 0 Å². The van der Waals surface area contributed by atoms with Crippen molar-refractivity contribution in [3.8, 4) is 0 Å². The van der Waals surface area contributed by atoms with Crippen LogP contribution < -0.4 is 5.32 Å². The molecule has 0 saturated heterocycles. The highest BCUT2D eigenvalue weighted by Crippen LogP contribution is 1.98. The fraction of sp³-hybridized carbons (Fsp3) is 0.833. The van der Waals surface area contributed by atoms with E-state index in [1.54, 1.807) is 6.92 Å². The molecule has 0 aliphatic carbocycles. The standard InChI is InChI=1S/C12H23NO4/c1-2-17-12(16)8-6-10-13-9-5-3-4-7-11(14)15/h13H,2-10H2,1H3,(H,14,15). The lowest BCUT2D eigenvalue weighted by atomic mass is 10.2. The summed E-state index contributed by atoms with van der Waals surface area (Å²) in [5.41, 5.74) is 0. The Morgan fingerprint density at radius 1 is 1.06 bits per heavy atom. The van der Waals surface area contributed by atoms with Gasteiger partial charge in [-0.15, -0.1) is 0 Å². The number of nitrogens with one attached hydrogen (secondary N) is 1. The summed E-state index contributed by atoms with van der Waals surface area (Å²) in [5, 5.41) is 11.6. The largest absolute Gasteiger partial charge is 0.481 e. The summed E-state index contributed by atoms with van der Waals surface area (Å²) in [6.07, 6.45) is 4.14. The number of esters is 1. The molecule has 0 aromatic carbocycles. The number of carbonyl (C=O) groups excluding carboxylic acids is 1. The van der Waals surface area contributed by atoms with Crippen molar-refractivity contribution in [2.45, 2.75) is 45.4 Å². The van der Waals surface area contributed by atoms with Crippen LogP contribution in [-0.2, 0) is 14.3 Å². The van der Waals surface area contributed by atoms with E-state index in [1.165, 1.54) is 0 Å². The third kappa shape index (κ3) is 12.8. The lowest BCUT2D eigenvalue weighted by Gasteiger charge is -2.04. The molecule has 0 aliphatic rings. The molecule has 5 nitrogen and oxygen atoms in total. The second kappa shape index (κ2) is 11.4. The van der Waals surface area contributed by atoms with Crippen LogP contribution in [0.4, 0.5) is 0 Å². The van der Waals surface area contributed by atoms with E-state index < -0.39 is 5.97 Å². The highest BCUT2D eigenvalue weighted by molar-refractivity contribution is 5.69. The maximum absolute atomic E-state index is 11.0. The van der Waals surface area contributed by atoms with Gasteiger partial charge in [-0.3, -0.25) is 9.59 Å². The molecular weight excluding hydrogens is 222 g/mol. The topological polar surface area (TPSA) is 75.6 Å². The van der Waals surface area contributed by atoms with E-state index in [0.717, 1.165) is 38.8 Å². The number of aliphatic carboxylic acids is 1. The molecule has 0 unspecified atom stereocenters. The summed E-state index contributed by atoms with van der Waals surface area (Å²) in [7, 11) is 0. The first-order valence-corrected chi connectivity index (χ1v) is 6.25. The van der Waals surface area contributed by atoms with Crippen LogP contribution in [0.1, 0.15) is 45.4 Å².